The highest BCUT2D eigenvalue weighted by atomic mass is 16.6. The highest BCUT2D eigenvalue weighted by molar-refractivity contribution is 5.71. The number of nitrogens with one attached hydrogen (secondary N) is 1. The molecule has 0 saturated carbocycles. The molecule has 3 heterocycles. The van der Waals surface area contributed by atoms with Gasteiger partial charge in [0.25, 0.3) is 5.56 Å². The van der Waals surface area contributed by atoms with Crippen LogP contribution in [0.4, 0.5) is 5.95 Å². The summed E-state index contributed by atoms with van der Waals surface area (Å²) in [6, 6.07) is 0. The summed E-state index contributed by atoms with van der Waals surface area (Å²) in [5, 5.41) is 30.1. The highest BCUT2D eigenvalue weighted by Crippen LogP contribution is 2.52. The van der Waals surface area contributed by atoms with Crippen LogP contribution in [0.15, 0.2) is 23.3 Å². The van der Waals surface area contributed by atoms with Gasteiger partial charge in [0.05, 0.1) is 6.61 Å². The molecule has 0 unspecified atom stereocenters. The molecule has 2 aliphatic rings. The zero-order valence-corrected chi connectivity index (χ0v) is 11.2. The smallest absolute Gasteiger partial charge is 0.280 e. The number of fused-ring (bicyclic) bond motifs is 2. The van der Waals surface area contributed by atoms with Gasteiger partial charge in [-0.1, -0.05) is 0 Å². The summed E-state index contributed by atoms with van der Waals surface area (Å²) < 4.78 is 6.96. The standard InChI is InChI=1S/C12H13N5O5/c13-10-15-8-6(9(20)16-10)14-4-17(8)12-2-1-11(12,21)7(19)5(3-18)22-12/h1-2,4-5,7,18-19,21H,3H2,(H3,13,15,16,20)/t5-,7-,11-,12-/m1/s1. The molecule has 1 aliphatic heterocycles. The molecule has 0 amide bonds. The monoisotopic (exact) mass is 307 g/mol. The van der Waals surface area contributed by atoms with Crippen molar-refractivity contribution in [1.82, 2.24) is 19.5 Å². The molecule has 2 aromatic heterocycles. The van der Waals surface area contributed by atoms with E-state index in [0.29, 0.717) is 0 Å². The summed E-state index contributed by atoms with van der Waals surface area (Å²) in [5.41, 5.74) is 1.89. The first-order chi connectivity index (χ1) is 10.4. The Morgan fingerprint density at radius 1 is 1.50 bits per heavy atom. The first-order valence-electron chi connectivity index (χ1n) is 6.56. The first-order valence-corrected chi connectivity index (χ1v) is 6.56. The Labute approximate surface area is 122 Å². The van der Waals surface area contributed by atoms with Crippen molar-refractivity contribution in [2.24, 2.45) is 0 Å². The van der Waals surface area contributed by atoms with Crippen LogP contribution in [0.2, 0.25) is 0 Å². The van der Waals surface area contributed by atoms with E-state index >= 15 is 0 Å². The van der Waals surface area contributed by atoms with Crippen LogP contribution in [0, 0.1) is 0 Å². The predicted molar refractivity (Wildman–Crippen MR) is 72.6 cm³/mol. The minimum Gasteiger partial charge on any atom is -0.394 e. The fourth-order valence-electron chi connectivity index (χ4n) is 3.06. The van der Waals surface area contributed by atoms with Gasteiger partial charge >= 0.3 is 0 Å². The van der Waals surface area contributed by atoms with Crippen LogP contribution in [0.3, 0.4) is 0 Å². The molecular weight excluding hydrogens is 294 g/mol. The van der Waals surface area contributed by atoms with E-state index in [1.807, 2.05) is 0 Å². The maximum Gasteiger partial charge on any atom is 0.280 e. The van der Waals surface area contributed by atoms with E-state index in [-0.39, 0.29) is 17.1 Å². The molecule has 0 spiro atoms. The third-order valence-corrected chi connectivity index (χ3v) is 4.23. The molecule has 4 rings (SSSR count). The Balaban J connectivity index is 1.97. The minimum atomic E-state index is -1.76. The van der Waals surface area contributed by atoms with Crippen LogP contribution >= 0.6 is 0 Å². The zero-order valence-electron chi connectivity index (χ0n) is 11.2. The maximum absolute atomic E-state index is 11.8. The van der Waals surface area contributed by atoms with Gasteiger partial charge in [-0.25, -0.2) is 4.98 Å². The average molecular weight is 307 g/mol. The number of ether oxygens (including phenoxy) is 1. The van der Waals surface area contributed by atoms with Crippen LogP contribution in [-0.2, 0) is 10.5 Å². The molecule has 6 N–H and O–H groups in total. The number of nitrogen functional groups attached to an aromatic ring is 1. The number of aliphatic hydroxyl groups is 3. The number of aromatic nitrogens is 4. The molecule has 10 heteroatoms. The number of hydrogen-bond donors (Lipinski definition) is 5. The molecular formula is C12H13N5O5. The predicted octanol–water partition coefficient (Wildman–Crippen LogP) is -2.59. The van der Waals surface area contributed by atoms with Gasteiger partial charge in [-0.05, 0) is 12.2 Å². The third-order valence-electron chi connectivity index (χ3n) is 4.23. The van der Waals surface area contributed by atoms with E-state index in [9.17, 15) is 20.1 Å². The summed E-state index contributed by atoms with van der Waals surface area (Å²) in [4.78, 5) is 22.1. The van der Waals surface area contributed by atoms with E-state index in [2.05, 4.69) is 15.0 Å². The lowest BCUT2D eigenvalue weighted by atomic mass is 9.76. The molecule has 22 heavy (non-hydrogen) atoms. The zero-order chi connectivity index (χ0) is 15.7. The van der Waals surface area contributed by atoms with Gasteiger partial charge in [0.15, 0.2) is 16.8 Å². The van der Waals surface area contributed by atoms with Crippen molar-refractivity contribution in [3.8, 4) is 0 Å². The summed E-state index contributed by atoms with van der Waals surface area (Å²) in [6.07, 6.45) is 1.82. The Morgan fingerprint density at radius 3 is 2.91 bits per heavy atom. The Hall–Kier alpha value is -2.27. The average Bonchev–Trinajstić information content (AvgIpc) is 2.94. The number of anilines is 1. The first kappa shape index (κ1) is 13.4. The van der Waals surface area contributed by atoms with Crippen molar-refractivity contribution in [2.75, 3.05) is 12.3 Å². The minimum absolute atomic E-state index is 0.0248. The number of nitrogens with two attached hydrogens (primary N) is 1. The number of H-pyrrole nitrogens is 1. The lowest BCUT2D eigenvalue weighted by Gasteiger charge is -2.45. The van der Waals surface area contributed by atoms with E-state index < -0.39 is 35.7 Å². The van der Waals surface area contributed by atoms with Crippen LogP contribution < -0.4 is 11.3 Å². The second-order valence-corrected chi connectivity index (χ2v) is 5.38. The number of nitrogens with zero attached hydrogens (tertiary/aromatic N) is 3. The van der Waals surface area contributed by atoms with Crippen LogP contribution in [0.25, 0.3) is 11.2 Å². The fraction of sp³-hybridized carbons (Fsp3) is 0.417. The molecule has 2 aromatic rings. The SMILES string of the molecule is Nc1nc2c(ncn2[C@@]23C=C[C@@]2(O)[C@H](O)[C@@H](CO)O3)c(=O)[nH]1. The Kier molecular flexibility index (Phi) is 2.39. The van der Waals surface area contributed by atoms with Gasteiger partial charge < -0.3 is 25.8 Å². The van der Waals surface area contributed by atoms with Crippen LogP contribution in [-0.4, -0.2) is 59.3 Å². The summed E-state index contributed by atoms with van der Waals surface area (Å²) in [6.45, 7) is -0.477. The van der Waals surface area contributed by atoms with Gasteiger partial charge in [0.1, 0.15) is 18.5 Å². The molecule has 1 aliphatic carbocycles. The number of hydrogen-bond acceptors (Lipinski definition) is 8. The van der Waals surface area contributed by atoms with Crippen molar-refractivity contribution in [1.29, 1.82) is 0 Å². The number of aromatic amines is 1. The second kappa shape index (κ2) is 3.93. The molecule has 4 atom stereocenters. The largest absolute Gasteiger partial charge is 0.394 e. The summed E-state index contributed by atoms with van der Waals surface area (Å²) in [5.74, 6) is -0.111. The van der Waals surface area contributed by atoms with Gasteiger partial charge in [-0.2, -0.15) is 4.98 Å². The quantitative estimate of drug-likeness (QED) is 0.378. The lowest BCUT2D eigenvalue weighted by molar-refractivity contribution is -0.159. The molecule has 10 nitrogen and oxygen atoms in total. The normalized spacial score (nSPS) is 36.5. The van der Waals surface area contributed by atoms with E-state index in [1.54, 1.807) is 0 Å². The van der Waals surface area contributed by atoms with Gasteiger partial charge in [0.2, 0.25) is 11.7 Å². The van der Waals surface area contributed by atoms with Gasteiger partial charge in [-0.15, -0.1) is 0 Å². The van der Waals surface area contributed by atoms with Crippen molar-refractivity contribution in [2.45, 2.75) is 23.5 Å². The topological polar surface area (TPSA) is 160 Å². The molecule has 1 saturated heterocycles. The van der Waals surface area contributed by atoms with E-state index in [4.69, 9.17) is 10.5 Å². The third kappa shape index (κ3) is 1.30. The number of imidazole rings is 1. The summed E-state index contributed by atoms with van der Waals surface area (Å²) >= 11 is 0. The van der Waals surface area contributed by atoms with E-state index in [0.717, 1.165) is 0 Å². The fourth-order valence-corrected chi connectivity index (χ4v) is 3.06. The van der Waals surface area contributed by atoms with Crippen LogP contribution in [0.5, 0.6) is 0 Å². The van der Waals surface area contributed by atoms with Crippen molar-refractivity contribution >= 4 is 17.1 Å². The molecule has 1 fully saturated rings. The van der Waals surface area contributed by atoms with Gasteiger partial charge in [-0.3, -0.25) is 14.3 Å². The molecule has 116 valence electrons. The van der Waals surface area contributed by atoms with Crippen LogP contribution in [0.1, 0.15) is 0 Å². The second-order valence-electron chi connectivity index (χ2n) is 5.38. The molecule has 0 aromatic carbocycles. The van der Waals surface area contributed by atoms with Crippen molar-refractivity contribution in [3.05, 3.63) is 28.8 Å². The number of aliphatic hydroxyl groups excluding tert-OH is 2. The lowest BCUT2D eigenvalue weighted by Crippen LogP contribution is -2.60. The van der Waals surface area contributed by atoms with E-state index in [1.165, 1.54) is 23.0 Å². The highest BCUT2D eigenvalue weighted by Gasteiger charge is 2.69. The molecule has 0 radical (unpaired) electrons. The van der Waals surface area contributed by atoms with Gasteiger partial charge in [0, 0.05) is 0 Å². The summed E-state index contributed by atoms with van der Waals surface area (Å²) in [7, 11) is 0. The van der Waals surface area contributed by atoms with Crippen molar-refractivity contribution in [3.63, 3.8) is 0 Å². The van der Waals surface area contributed by atoms with Crippen molar-refractivity contribution < 1.29 is 20.1 Å². The maximum atomic E-state index is 11.8. The molecule has 0 bridgehead atoms. The Morgan fingerprint density at radius 2 is 2.27 bits per heavy atom. The number of rotatable bonds is 2. The Bertz CT molecular complexity index is 859.